The molecule has 0 saturated carbocycles. The van der Waals surface area contributed by atoms with Crippen molar-refractivity contribution < 1.29 is 24.2 Å². The number of β-amino-alcohol motifs (C(OH)–C–C–N with tert-alkyl or cyclic N) is 1. The normalized spacial score (nSPS) is 14.3. The van der Waals surface area contributed by atoms with Crippen molar-refractivity contribution in [1.82, 2.24) is 29.7 Å². The molecule has 12 heteroatoms. The highest BCUT2D eigenvalue weighted by molar-refractivity contribution is 5.98. The number of aromatic nitrogens is 5. The fraction of sp³-hybridized carbons (Fsp3) is 0.250. The number of methoxy groups -OCH3 is 1. The van der Waals surface area contributed by atoms with Gasteiger partial charge < -0.3 is 25.2 Å². The molecule has 5 rings (SSSR count). The molecule has 184 valence electrons. The number of aliphatic hydroxyl groups excluding tert-OH is 1. The van der Waals surface area contributed by atoms with Crippen molar-refractivity contribution in [3.05, 3.63) is 65.8 Å². The largest absolute Gasteiger partial charge is 0.470 e. The lowest BCUT2D eigenvalue weighted by molar-refractivity contribution is -0.117. The summed E-state index contributed by atoms with van der Waals surface area (Å²) >= 11 is 0. The lowest BCUT2D eigenvalue weighted by Gasteiger charge is -2.35. The van der Waals surface area contributed by atoms with Crippen LogP contribution in [0, 0.1) is 0 Å². The van der Waals surface area contributed by atoms with Crippen molar-refractivity contribution >= 4 is 33.8 Å². The highest BCUT2D eigenvalue weighted by Gasteiger charge is 2.29. The summed E-state index contributed by atoms with van der Waals surface area (Å²) in [6.07, 6.45) is 2.25. The minimum Gasteiger partial charge on any atom is -0.470 e. The van der Waals surface area contributed by atoms with Gasteiger partial charge in [0.05, 0.1) is 23.1 Å². The molecule has 1 saturated heterocycles. The number of ether oxygens (including phenoxy) is 2. The number of amides is 1. The fourth-order valence-electron chi connectivity index (χ4n) is 3.84. The van der Waals surface area contributed by atoms with Gasteiger partial charge in [0.15, 0.2) is 11.4 Å². The van der Waals surface area contributed by atoms with Crippen molar-refractivity contribution in [2.24, 2.45) is 5.73 Å². The minimum absolute atomic E-state index is 0.0918. The summed E-state index contributed by atoms with van der Waals surface area (Å²) in [6.45, 7) is 0.639. The Balaban J connectivity index is 1.41. The molecule has 36 heavy (non-hydrogen) atoms. The van der Waals surface area contributed by atoms with Gasteiger partial charge in [-0.05, 0) is 18.2 Å². The van der Waals surface area contributed by atoms with E-state index in [2.05, 4.69) is 20.3 Å². The van der Waals surface area contributed by atoms with Crippen LogP contribution in [0.15, 0.2) is 48.7 Å². The fourth-order valence-corrected chi connectivity index (χ4v) is 3.84. The van der Waals surface area contributed by atoms with Gasteiger partial charge in [-0.1, -0.05) is 18.2 Å². The maximum atomic E-state index is 12.4. The Morgan fingerprint density at radius 1 is 1.17 bits per heavy atom. The number of pyridine rings is 1. The third kappa shape index (κ3) is 4.46. The number of carbonyl (C=O) groups excluding carboxylic acids is 2. The topological polar surface area (TPSA) is 158 Å². The second-order valence-corrected chi connectivity index (χ2v) is 8.30. The average molecular weight is 489 g/mol. The number of nitrogens with two attached hydrogens (primary N) is 1. The van der Waals surface area contributed by atoms with E-state index in [0.29, 0.717) is 41.3 Å². The van der Waals surface area contributed by atoms with Crippen LogP contribution in [-0.4, -0.2) is 79.4 Å². The van der Waals surface area contributed by atoms with Crippen LogP contribution >= 0.6 is 0 Å². The number of fused-ring (bicyclic) bond motifs is 3. The van der Waals surface area contributed by atoms with Crippen molar-refractivity contribution in [3.8, 4) is 5.88 Å². The first-order chi connectivity index (χ1) is 17.4. The highest BCUT2D eigenvalue weighted by Crippen LogP contribution is 2.27. The Kier molecular flexibility index (Phi) is 6.27. The van der Waals surface area contributed by atoms with E-state index in [9.17, 15) is 14.7 Å². The zero-order valence-corrected chi connectivity index (χ0v) is 19.4. The third-order valence-corrected chi connectivity index (χ3v) is 5.67. The molecule has 1 aliphatic heterocycles. The molecule has 0 spiro atoms. The van der Waals surface area contributed by atoms with Crippen LogP contribution in [-0.2, 0) is 16.1 Å². The summed E-state index contributed by atoms with van der Waals surface area (Å²) in [5, 5.41) is 23.7. The van der Waals surface area contributed by atoms with E-state index in [1.165, 1.54) is 23.9 Å². The number of hydrogen-bond donors (Lipinski definition) is 2. The number of aliphatic hydroxyl groups is 1. The van der Waals surface area contributed by atoms with Crippen molar-refractivity contribution in [1.29, 1.82) is 0 Å². The Bertz CT molecular complexity index is 1480. The van der Waals surface area contributed by atoms with Crippen LogP contribution in [0.2, 0.25) is 0 Å². The van der Waals surface area contributed by atoms with E-state index in [4.69, 9.17) is 15.2 Å². The molecule has 3 N–H and O–H groups in total. The monoisotopic (exact) mass is 489 g/mol. The van der Waals surface area contributed by atoms with Gasteiger partial charge in [-0.2, -0.15) is 4.52 Å². The predicted octanol–water partition coefficient (Wildman–Crippen LogP) is 0.583. The summed E-state index contributed by atoms with van der Waals surface area (Å²) in [7, 11) is 1.42. The second kappa shape index (κ2) is 9.68. The SMILES string of the molecule is COCC(=O)C=C(N)c1nnc2c3ccccc3c(OCc3ccc(C(=O)N4CC(O)C4)cn3)nn12. The van der Waals surface area contributed by atoms with E-state index >= 15 is 0 Å². The van der Waals surface area contributed by atoms with E-state index in [0.717, 1.165) is 5.39 Å². The maximum Gasteiger partial charge on any atom is 0.255 e. The first kappa shape index (κ1) is 23.3. The zero-order valence-electron chi connectivity index (χ0n) is 19.4. The Morgan fingerprint density at radius 3 is 2.64 bits per heavy atom. The van der Waals surface area contributed by atoms with Gasteiger partial charge in [0, 0.05) is 43.2 Å². The Morgan fingerprint density at radius 2 is 1.94 bits per heavy atom. The van der Waals surface area contributed by atoms with Crippen LogP contribution in [0.4, 0.5) is 0 Å². The van der Waals surface area contributed by atoms with Crippen LogP contribution in [0.3, 0.4) is 0 Å². The molecular weight excluding hydrogens is 466 g/mol. The van der Waals surface area contributed by atoms with Crippen molar-refractivity contribution in [2.45, 2.75) is 12.7 Å². The quantitative estimate of drug-likeness (QED) is 0.335. The van der Waals surface area contributed by atoms with Gasteiger partial charge in [0.2, 0.25) is 11.7 Å². The van der Waals surface area contributed by atoms with Crippen LogP contribution < -0.4 is 10.5 Å². The van der Waals surface area contributed by atoms with Gasteiger partial charge in [-0.25, -0.2) is 0 Å². The first-order valence-electron chi connectivity index (χ1n) is 11.1. The maximum absolute atomic E-state index is 12.4. The number of ketones is 1. The molecular formula is C24H23N7O5. The molecule has 3 aromatic heterocycles. The lowest BCUT2D eigenvalue weighted by atomic mass is 10.1. The molecule has 0 unspecified atom stereocenters. The summed E-state index contributed by atoms with van der Waals surface area (Å²) < 4.78 is 12.3. The molecule has 0 atom stereocenters. The van der Waals surface area contributed by atoms with E-state index in [1.807, 2.05) is 24.3 Å². The molecule has 1 aromatic carbocycles. The van der Waals surface area contributed by atoms with Gasteiger partial charge in [0.1, 0.15) is 13.2 Å². The highest BCUT2D eigenvalue weighted by atomic mass is 16.5. The Hall–Kier alpha value is -4.42. The molecule has 0 bridgehead atoms. The number of rotatable bonds is 8. The van der Waals surface area contributed by atoms with Gasteiger partial charge in [-0.3, -0.25) is 14.6 Å². The van der Waals surface area contributed by atoms with E-state index in [-0.39, 0.29) is 36.4 Å². The molecule has 4 heterocycles. The number of benzene rings is 1. The van der Waals surface area contributed by atoms with Crippen molar-refractivity contribution in [3.63, 3.8) is 0 Å². The van der Waals surface area contributed by atoms with Gasteiger partial charge in [-0.15, -0.1) is 15.3 Å². The van der Waals surface area contributed by atoms with E-state index < -0.39 is 6.10 Å². The van der Waals surface area contributed by atoms with Gasteiger partial charge >= 0.3 is 0 Å². The first-order valence-corrected chi connectivity index (χ1v) is 11.1. The number of hydrogen-bond acceptors (Lipinski definition) is 10. The summed E-state index contributed by atoms with van der Waals surface area (Å²) in [5.74, 6) is 0.00397. The smallest absolute Gasteiger partial charge is 0.255 e. The molecule has 1 amide bonds. The molecule has 0 radical (unpaired) electrons. The zero-order chi connectivity index (χ0) is 25.2. The second-order valence-electron chi connectivity index (χ2n) is 8.30. The standard InChI is InChI=1S/C24H23N7O5/c1-35-13-16(32)8-20(25)22-28-27-21-18-4-2-3-5-19(18)23(29-31(21)22)36-12-15-7-6-14(9-26-15)24(34)30-10-17(33)11-30/h2-9,17,33H,10-13,25H2,1H3. The van der Waals surface area contributed by atoms with Crippen LogP contribution in [0.1, 0.15) is 21.9 Å². The molecule has 4 aromatic rings. The van der Waals surface area contributed by atoms with Crippen LogP contribution in [0.25, 0.3) is 22.1 Å². The average Bonchev–Trinajstić information content (AvgIpc) is 3.30. The number of nitrogens with zero attached hydrogens (tertiary/aromatic N) is 6. The lowest BCUT2D eigenvalue weighted by Crippen LogP contribution is -2.53. The van der Waals surface area contributed by atoms with Gasteiger partial charge in [0.25, 0.3) is 5.91 Å². The molecule has 1 aliphatic rings. The molecule has 12 nitrogen and oxygen atoms in total. The van der Waals surface area contributed by atoms with Crippen LogP contribution in [0.5, 0.6) is 5.88 Å². The third-order valence-electron chi connectivity index (χ3n) is 5.67. The number of likely N-dealkylation sites (tertiary alicyclic amines) is 1. The molecule has 0 aliphatic carbocycles. The Labute approximate surface area is 205 Å². The number of carbonyl (C=O) groups is 2. The summed E-state index contributed by atoms with van der Waals surface area (Å²) in [4.78, 5) is 30.2. The molecule has 1 fully saturated rings. The predicted molar refractivity (Wildman–Crippen MR) is 128 cm³/mol. The van der Waals surface area contributed by atoms with Crippen molar-refractivity contribution in [2.75, 3.05) is 26.8 Å². The summed E-state index contributed by atoms with van der Waals surface area (Å²) in [6, 6.07) is 10.8. The minimum atomic E-state index is -0.461. The van der Waals surface area contributed by atoms with E-state index in [1.54, 1.807) is 17.0 Å². The summed E-state index contributed by atoms with van der Waals surface area (Å²) in [5.41, 5.74) is 7.69.